The maximum Gasteiger partial charge on any atom is 0.126 e. The molecule has 19 heavy (non-hydrogen) atoms. The first kappa shape index (κ1) is 15.0. The van der Waals surface area contributed by atoms with Crippen LogP contribution >= 0.6 is 38.9 Å². The van der Waals surface area contributed by atoms with Crippen molar-refractivity contribution in [2.75, 3.05) is 6.54 Å². The van der Waals surface area contributed by atoms with Crippen LogP contribution in [0.3, 0.4) is 0 Å². The minimum absolute atomic E-state index is 0.0334. The second kappa shape index (κ2) is 6.35. The van der Waals surface area contributed by atoms with Crippen LogP contribution in [-0.2, 0) is 0 Å². The SMILES string of the molecule is CCNC(c1ccc(C)c(F)c1)c1cc(Br)c(Cl)s1. The van der Waals surface area contributed by atoms with Gasteiger partial charge in [-0.25, -0.2) is 4.39 Å². The second-order valence-electron chi connectivity index (χ2n) is 4.27. The van der Waals surface area contributed by atoms with Gasteiger partial charge in [0.05, 0.1) is 6.04 Å². The highest BCUT2D eigenvalue weighted by Gasteiger charge is 2.18. The van der Waals surface area contributed by atoms with E-state index in [1.54, 1.807) is 19.1 Å². The zero-order valence-electron chi connectivity index (χ0n) is 10.6. The largest absolute Gasteiger partial charge is 0.306 e. The van der Waals surface area contributed by atoms with Crippen molar-refractivity contribution in [2.24, 2.45) is 0 Å². The van der Waals surface area contributed by atoms with Gasteiger partial charge in [0, 0.05) is 9.35 Å². The molecule has 0 saturated heterocycles. The topological polar surface area (TPSA) is 12.0 Å². The summed E-state index contributed by atoms with van der Waals surface area (Å²) in [5.41, 5.74) is 1.57. The Morgan fingerprint density at radius 1 is 1.42 bits per heavy atom. The van der Waals surface area contributed by atoms with Crippen molar-refractivity contribution in [3.8, 4) is 0 Å². The molecule has 0 radical (unpaired) electrons. The summed E-state index contributed by atoms with van der Waals surface area (Å²) in [6.07, 6.45) is 0. The van der Waals surface area contributed by atoms with Crippen LogP contribution < -0.4 is 5.32 Å². The fourth-order valence-electron chi connectivity index (χ4n) is 1.88. The lowest BCUT2D eigenvalue weighted by Crippen LogP contribution is -2.21. The lowest BCUT2D eigenvalue weighted by Gasteiger charge is -2.17. The highest BCUT2D eigenvalue weighted by atomic mass is 79.9. The van der Waals surface area contributed by atoms with E-state index in [-0.39, 0.29) is 11.9 Å². The number of thiophene rings is 1. The average molecular weight is 363 g/mol. The molecule has 0 saturated carbocycles. The van der Waals surface area contributed by atoms with Crippen LogP contribution in [0.2, 0.25) is 4.34 Å². The summed E-state index contributed by atoms with van der Waals surface area (Å²) in [4.78, 5) is 1.07. The van der Waals surface area contributed by atoms with Crippen LogP contribution in [0.5, 0.6) is 0 Å². The Hall–Kier alpha value is -0.420. The molecular formula is C14H14BrClFNS. The van der Waals surface area contributed by atoms with Gasteiger partial charge >= 0.3 is 0 Å². The van der Waals surface area contributed by atoms with Crippen LogP contribution in [-0.4, -0.2) is 6.54 Å². The molecule has 0 aliphatic heterocycles. The monoisotopic (exact) mass is 361 g/mol. The van der Waals surface area contributed by atoms with Crippen LogP contribution in [0.1, 0.15) is 29.0 Å². The van der Waals surface area contributed by atoms with Crippen LogP contribution in [0.25, 0.3) is 0 Å². The molecule has 1 unspecified atom stereocenters. The van der Waals surface area contributed by atoms with Crippen LogP contribution in [0, 0.1) is 12.7 Å². The van der Waals surface area contributed by atoms with Gasteiger partial charge in [-0.15, -0.1) is 11.3 Å². The van der Waals surface area contributed by atoms with Crippen LogP contribution in [0.15, 0.2) is 28.7 Å². The zero-order chi connectivity index (χ0) is 14.0. The lowest BCUT2D eigenvalue weighted by atomic mass is 10.0. The number of nitrogens with one attached hydrogen (secondary N) is 1. The van der Waals surface area contributed by atoms with E-state index in [9.17, 15) is 4.39 Å². The number of benzene rings is 1. The fraction of sp³-hybridized carbons (Fsp3) is 0.286. The number of aryl methyl sites for hydroxylation is 1. The molecule has 0 fully saturated rings. The molecule has 0 spiro atoms. The van der Waals surface area contributed by atoms with Gasteiger partial charge in [-0.1, -0.05) is 30.7 Å². The van der Waals surface area contributed by atoms with Gasteiger partial charge in [0.15, 0.2) is 0 Å². The molecule has 1 nitrogen and oxygen atoms in total. The van der Waals surface area contributed by atoms with E-state index >= 15 is 0 Å². The fourth-order valence-corrected chi connectivity index (χ4v) is 3.72. The first-order valence-electron chi connectivity index (χ1n) is 5.97. The molecular weight excluding hydrogens is 349 g/mol. The smallest absolute Gasteiger partial charge is 0.126 e. The Morgan fingerprint density at radius 3 is 2.68 bits per heavy atom. The molecule has 1 N–H and O–H groups in total. The molecule has 5 heteroatoms. The van der Waals surface area contributed by atoms with E-state index in [1.165, 1.54) is 11.3 Å². The average Bonchev–Trinajstić information content (AvgIpc) is 2.70. The van der Waals surface area contributed by atoms with Crippen molar-refractivity contribution in [1.29, 1.82) is 0 Å². The Balaban J connectivity index is 2.41. The van der Waals surface area contributed by atoms with E-state index in [0.717, 1.165) is 21.5 Å². The van der Waals surface area contributed by atoms with E-state index in [1.807, 2.05) is 19.1 Å². The molecule has 0 aliphatic carbocycles. The van der Waals surface area contributed by atoms with Crippen molar-refractivity contribution >= 4 is 38.9 Å². The predicted octanol–water partition coefficient (Wildman–Crippen LogP) is 5.31. The molecule has 102 valence electrons. The summed E-state index contributed by atoms with van der Waals surface area (Å²) in [6.45, 7) is 4.59. The van der Waals surface area contributed by atoms with Crippen LogP contribution in [0.4, 0.5) is 4.39 Å². The summed E-state index contributed by atoms with van der Waals surface area (Å²) >= 11 is 11.0. The van der Waals surface area contributed by atoms with Gasteiger partial charge in [0.2, 0.25) is 0 Å². The molecule has 1 heterocycles. The first-order chi connectivity index (χ1) is 9.02. The molecule has 1 atom stereocenters. The van der Waals surface area contributed by atoms with Crippen molar-refractivity contribution in [3.05, 3.63) is 54.9 Å². The maximum atomic E-state index is 13.7. The highest BCUT2D eigenvalue weighted by molar-refractivity contribution is 9.10. The third-order valence-electron chi connectivity index (χ3n) is 2.89. The normalized spacial score (nSPS) is 12.7. The number of halogens is 3. The summed E-state index contributed by atoms with van der Waals surface area (Å²) in [6, 6.07) is 7.29. The van der Waals surface area contributed by atoms with E-state index in [0.29, 0.717) is 9.90 Å². The van der Waals surface area contributed by atoms with Crippen molar-refractivity contribution < 1.29 is 4.39 Å². The van der Waals surface area contributed by atoms with Gasteiger partial charge in [-0.2, -0.15) is 0 Å². The molecule has 2 rings (SSSR count). The van der Waals surface area contributed by atoms with E-state index < -0.39 is 0 Å². The maximum absolute atomic E-state index is 13.7. The number of rotatable bonds is 4. The van der Waals surface area contributed by atoms with Crippen molar-refractivity contribution in [2.45, 2.75) is 19.9 Å². The lowest BCUT2D eigenvalue weighted by molar-refractivity contribution is 0.600. The van der Waals surface area contributed by atoms with Gasteiger partial charge in [-0.3, -0.25) is 0 Å². The second-order valence-corrected chi connectivity index (χ2v) is 6.81. The number of hydrogen-bond donors (Lipinski definition) is 1. The van der Waals surface area contributed by atoms with E-state index in [4.69, 9.17) is 11.6 Å². The van der Waals surface area contributed by atoms with Gasteiger partial charge in [-0.05, 0) is 52.7 Å². The predicted molar refractivity (Wildman–Crippen MR) is 83.7 cm³/mol. The Labute approximate surface area is 129 Å². The third kappa shape index (κ3) is 3.37. The Bertz CT molecular complexity index is 565. The van der Waals surface area contributed by atoms with Gasteiger partial charge in [0.1, 0.15) is 10.2 Å². The first-order valence-corrected chi connectivity index (χ1v) is 7.95. The van der Waals surface area contributed by atoms with Gasteiger partial charge < -0.3 is 5.32 Å². The molecule has 2 aromatic rings. The van der Waals surface area contributed by atoms with E-state index in [2.05, 4.69) is 21.2 Å². The minimum Gasteiger partial charge on any atom is -0.306 e. The quantitative estimate of drug-likeness (QED) is 0.777. The summed E-state index contributed by atoms with van der Waals surface area (Å²) in [5, 5.41) is 3.37. The Kier molecular flexibility index (Phi) is 5.01. The molecule has 1 aromatic carbocycles. The zero-order valence-corrected chi connectivity index (χ0v) is 13.8. The highest BCUT2D eigenvalue weighted by Crippen LogP contribution is 2.37. The molecule has 0 amide bonds. The molecule has 0 aliphatic rings. The standard InChI is InChI=1S/C14H14BrClFNS/c1-3-18-13(12-7-10(15)14(16)19-12)9-5-4-8(2)11(17)6-9/h4-7,13,18H,3H2,1-2H3. The summed E-state index contributed by atoms with van der Waals surface area (Å²) in [7, 11) is 0. The molecule has 1 aromatic heterocycles. The summed E-state index contributed by atoms with van der Waals surface area (Å²) < 4.78 is 15.3. The summed E-state index contributed by atoms with van der Waals surface area (Å²) in [5.74, 6) is -0.179. The third-order valence-corrected chi connectivity index (χ3v) is 5.43. The minimum atomic E-state index is -0.179. The molecule has 0 bridgehead atoms. The van der Waals surface area contributed by atoms with Crippen molar-refractivity contribution in [3.63, 3.8) is 0 Å². The van der Waals surface area contributed by atoms with Gasteiger partial charge in [0.25, 0.3) is 0 Å². The Morgan fingerprint density at radius 2 is 2.16 bits per heavy atom. The number of hydrogen-bond acceptors (Lipinski definition) is 2. The van der Waals surface area contributed by atoms with Crippen molar-refractivity contribution in [1.82, 2.24) is 5.32 Å².